The highest BCUT2D eigenvalue weighted by Gasteiger charge is 2.54. The van der Waals surface area contributed by atoms with Crippen molar-refractivity contribution >= 4 is 0 Å². The van der Waals surface area contributed by atoms with Crippen LogP contribution in [0.15, 0.2) is 66.7 Å². The number of phenolic OH excluding ortho intramolecular Hbond substituents is 1. The van der Waals surface area contributed by atoms with Gasteiger partial charge in [-0.25, -0.2) is 0 Å². The predicted molar refractivity (Wildman–Crippen MR) is 182 cm³/mol. The lowest BCUT2D eigenvalue weighted by molar-refractivity contribution is -0.0157. The van der Waals surface area contributed by atoms with Crippen molar-refractivity contribution in [2.75, 3.05) is 27.2 Å². The van der Waals surface area contributed by atoms with Gasteiger partial charge in [-0.2, -0.15) is 0 Å². The molecule has 4 bridgehead atoms. The SMILES string of the molecule is Oc1ccc2c(c1)[C@]13CCCC[C@@H]1[C@H](C2)N(Cc1ccccc1)CC3.[2H]C([2H])([2H])Oc1ccc2c(c1)[C@]13CCCC[C@@H]1[C@H](C2)N(C)CC3. The molecule has 2 aliphatic heterocycles. The first-order chi connectivity index (χ1) is 23.2. The summed E-state index contributed by atoms with van der Waals surface area (Å²) in [6.45, 7) is 3.40. The van der Waals surface area contributed by atoms with Crippen LogP contribution < -0.4 is 4.74 Å². The summed E-state index contributed by atoms with van der Waals surface area (Å²) >= 11 is 0. The van der Waals surface area contributed by atoms with E-state index in [0.717, 1.165) is 31.8 Å². The van der Waals surface area contributed by atoms with Gasteiger partial charge in [-0.15, -0.1) is 0 Å². The zero-order valence-electron chi connectivity index (χ0n) is 30.0. The highest BCUT2D eigenvalue weighted by molar-refractivity contribution is 5.46. The third kappa shape index (κ3) is 4.93. The summed E-state index contributed by atoms with van der Waals surface area (Å²) in [6, 6.07) is 24.4. The van der Waals surface area contributed by atoms with Crippen molar-refractivity contribution in [3.63, 3.8) is 0 Å². The number of likely N-dealkylation sites (N-methyl/N-ethyl adjacent to an activating group) is 1. The zero-order valence-corrected chi connectivity index (χ0v) is 27.0. The molecule has 4 fully saturated rings. The number of methoxy groups -OCH3 is 1. The number of phenols is 1. The topological polar surface area (TPSA) is 35.9 Å². The molecule has 6 aliphatic rings. The Morgan fingerprint density at radius 3 is 2.20 bits per heavy atom. The molecular formula is C41H52N2O2. The van der Waals surface area contributed by atoms with Crippen LogP contribution in [-0.4, -0.2) is 54.2 Å². The lowest BCUT2D eigenvalue weighted by atomic mass is 9.52. The second-order valence-electron chi connectivity index (χ2n) is 15.3. The molecular weight excluding hydrogens is 552 g/mol. The average Bonchev–Trinajstić information content (AvgIpc) is 3.08. The molecule has 3 aromatic rings. The fraction of sp³-hybridized carbons (Fsp3) is 0.561. The minimum absolute atomic E-state index is 0.247. The first-order valence-electron chi connectivity index (χ1n) is 19.3. The van der Waals surface area contributed by atoms with Crippen LogP contribution in [0.2, 0.25) is 0 Å². The van der Waals surface area contributed by atoms with E-state index in [9.17, 15) is 5.11 Å². The van der Waals surface area contributed by atoms with Crippen molar-refractivity contribution in [2.45, 2.75) is 107 Å². The molecule has 2 saturated heterocycles. The number of ether oxygens (including phenoxy) is 1. The van der Waals surface area contributed by atoms with Gasteiger partial charge in [0.2, 0.25) is 0 Å². The number of benzene rings is 3. The van der Waals surface area contributed by atoms with Gasteiger partial charge in [0.1, 0.15) is 11.5 Å². The molecule has 0 unspecified atom stereocenters. The third-order valence-electron chi connectivity index (χ3n) is 13.4. The van der Waals surface area contributed by atoms with Crippen LogP contribution >= 0.6 is 0 Å². The maximum Gasteiger partial charge on any atom is 0.119 e. The standard InChI is InChI=1S/C23H27NO.C18H25NO/c25-19-10-9-18-14-22-20-8-4-5-11-23(20,21(18)15-19)12-13-24(22)16-17-6-2-1-3-7-17;1-19-10-9-18-8-4-3-5-15(18)17(19)11-13-6-7-14(20-2)12-16(13)18/h1-3,6-7,9-10,15,20,22,25H,4-5,8,11-14,16H2;6-7,12,15,17H,3-5,8-11H2,1-2H3/t20-,22+,23+;15-,17+,18+/m11/s1/i;2D3. The third-order valence-corrected chi connectivity index (χ3v) is 13.4. The first kappa shape index (κ1) is 26.3. The molecule has 2 heterocycles. The summed E-state index contributed by atoms with van der Waals surface area (Å²) in [4.78, 5) is 5.30. The van der Waals surface area contributed by atoms with Gasteiger partial charge in [0.05, 0.1) is 11.2 Å². The maximum atomic E-state index is 10.1. The lowest BCUT2D eigenvalue weighted by Crippen LogP contribution is -2.60. The zero-order chi connectivity index (χ0) is 33.1. The molecule has 238 valence electrons. The second kappa shape index (κ2) is 11.8. The molecule has 0 spiro atoms. The molecule has 0 aromatic heterocycles. The largest absolute Gasteiger partial charge is 0.508 e. The normalized spacial score (nSPS) is 34.6. The highest BCUT2D eigenvalue weighted by Crippen LogP contribution is 2.57. The number of hydrogen-bond donors (Lipinski definition) is 1. The monoisotopic (exact) mass is 607 g/mol. The summed E-state index contributed by atoms with van der Waals surface area (Å²) in [5.41, 5.74) is 7.75. The summed E-state index contributed by atoms with van der Waals surface area (Å²) in [6.07, 6.45) is 15.2. The van der Waals surface area contributed by atoms with Gasteiger partial charge in [0.15, 0.2) is 0 Å². The summed E-state index contributed by atoms with van der Waals surface area (Å²) in [5.74, 6) is 2.42. The van der Waals surface area contributed by atoms with Crippen molar-refractivity contribution in [1.29, 1.82) is 0 Å². The number of aromatic hydroxyl groups is 1. The average molecular weight is 608 g/mol. The van der Waals surface area contributed by atoms with Crippen molar-refractivity contribution in [3.05, 3.63) is 94.5 Å². The van der Waals surface area contributed by atoms with Gasteiger partial charge >= 0.3 is 0 Å². The second-order valence-corrected chi connectivity index (χ2v) is 15.3. The van der Waals surface area contributed by atoms with Crippen LogP contribution in [0.1, 0.15) is 96.1 Å². The fourth-order valence-corrected chi connectivity index (χ4v) is 11.3. The molecule has 45 heavy (non-hydrogen) atoms. The molecule has 4 nitrogen and oxygen atoms in total. The van der Waals surface area contributed by atoms with E-state index < -0.39 is 7.04 Å². The number of likely N-dealkylation sites (tertiary alicyclic amines) is 2. The van der Waals surface area contributed by atoms with E-state index in [1.54, 1.807) is 0 Å². The minimum Gasteiger partial charge on any atom is -0.508 e. The molecule has 0 amide bonds. The van der Waals surface area contributed by atoms with Crippen molar-refractivity contribution < 1.29 is 14.0 Å². The molecule has 1 N–H and O–H groups in total. The smallest absolute Gasteiger partial charge is 0.119 e. The Labute approximate surface area is 275 Å². The quantitative estimate of drug-likeness (QED) is 0.327. The van der Waals surface area contributed by atoms with Gasteiger partial charge < -0.3 is 14.7 Å². The Kier molecular flexibility index (Phi) is 6.87. The molecule has 6 atom stereocenters. The number of piperidine rings is 2. The predicted octanol–water partition coefficient (Wildman–Crippen LogP) is 8.03. The van der Waals surface area contributed by atoms with E-state index in [0.29, 0.717) is 34.9 Å². The molecule has 2 saturated carbocycles. The van der Waals surface area contributed by atoms with E-state index in [2.05, 4.69) is 65.4 Å². The van der Waals surface area contributed by atoms with Crippen molar-refractivity contribution in [2.24, 2.45) is 11.8 Å². The Morgan fingerprint density at radius 2 is 1.44 bits per heavy atom. The van der Waals surface area contributed by atoms with Crippen molar-refractivity contribution in [1.82, 2.24) is 9.80 Å². The maximum absolute atomic E-state index is 10.1. The molecule has 3 aromatic carbocycles. The Bertz CT molecular complexity index is 1630. The Hall–Kier alpha value is -2.82. The fourth-order valence-electron chi connectivity index (χ4n) is 11.3. The van der Waals surface area contributed by atoms with Crippen LogP contribution in [-0.2, 0) is 30.2 Å². The van der Waals surface area contributed by atoms with E-state index in [4.69, 9.17) is 8.85 Å². The van der Waals surface area contributed by atoms with Gasteiger partial charge in [0.25, 0.3) is 0 Å². The lowest BCUT2D eigenvalue weighted by Gasteiger charge is -2.59. The van der Waals surface area contributed by atoms with Gasteiger partial charge in [-0.3, -0.25) is 4.90 Å². The van der Waals surface area contributed by atoms with Gasteiger partial charge in [-0.1, -0.05) is 68.1 Å². The van der Waals surface area contributed by atoms with Crippen LogP contribution in [0.4, 0.5) is 0 Å². The molecule has 4 heteroatoms. The number of fused-ring (bicyclic) bond motifs is 2. The van der Waals surface area contributed by atoms with E-state index in [1.165, 1.54) is 98.6 Å². The Morgan fingerprint density at radius 1 is 0.778 bits per heavy atom. The summed E-state index contributed by atoms with van der Waals surface area (Å²) in [5, 5.41) is 10.1. The number of rotatable bonds is 3. The van der Waals surface area contributed by atoms with Crippen LogP contribution in [0.25, 0.3) is 0 Å². The number of nitrogens with zero attached hydrogens (tertiary/aromatic N) is 2. The first-order valence-corrected chi connectivity index (χ1v) is 17.8. The van der Waals surface area contributed by atoms with E-state index >= 15 is 0 Å². The minimum atomic E-state index is -2.37. The molecule has 9 rings (SSSR count). The van der Waals surface area contributed by atoms with E-state index in [-0.39, 0.29) is 5.41 Å². The van der Waals surface area contributed by atoms with Crippen LogP contribution in [0, 0.1) is 11.8 Å². The summed E-state index contributed by atoms with van der Waals surface area (Å²) < 4.78 is 27.3. The summed E-state index contributed by atoms with van der Waals surface area (Å²) in [7, 11) is -0.109. The van der Waals surface area contributed by atoms with Gasteiger partial charge in [0, 0.05) is 29.5 Å². The number of hydrogen-bond acceptors (Lipinski definition) is 4. The molecule has 4 aliphatic carbocycles. The van der Waals surface area contributed by atoms with Crippen LogP contribution in [0.3, 0.4) is 0 Å². The Balaban J connectivity index is 0.000000141. The van der Waals surface area contributed by atoms with Crippen LogP contribution in [0.5, 0.6) is 11.5 Å². The molecule has 0 radical (unpaired) electrons. The van der Waals surface area contributed by atoms with E-state index in [1.807, 2.05) is 18.2 Å². The highest BCUT2D eigenvalue weighted by atomic mass is 16.5. The van der Waals surface area contributed by atoms with Gasteiger partial charge in [-0.05, 0) is 135 Å². The van der Waals surface area contributed by atoms with Crippen molar-refractivity contribution in [3.8, 4) is 11.5 Å².